The maximum absolute atomic E-state index is 12.5. The van der Waals surface area contributed by atoms with Crippen molar-refractivity contribution in [2.45, 2.75) is 62.5 Å². The molecule has 1 aromatic carbocycles. The lowest BCUT2D eigenvalue weighted by molar-refractivity contribution is 0.00261. The average Bonchev–Trinajstić information content (AvgIpc) is 3.32. The van der Waals surface area contributed by atoms with Gasteiger partial charge < -0.3 is 29.6 Å². The smallest absolute Gasteiger partial charge is 0.407 e. The van der Waals surface area contributed by atoms with Gasteiger partial charge in [-0.25, -0.2) is 4.79 Å². The topological polar surface area (TPSA) is 95.1 Å². The maximum Gasteiger partial charge on any atom is 0.407 e. The van der Waals surface area contributed by atoms with Crippen LogP contribution in [-0.2, 0) is 14.2 Å². The van der Waals surface area contributed by atoms with Crippen LogP contribution in [0.3, 0.4) is 0 Å². The Bertz CT molecular complexity index is 718. The molecule has 2 heterocycles. The molecule has 3 fully saturated rings. The molecule has 4 atom stereocenters. The van der Waals surface area contributed by atoms with Crippen molar-refractivity contribution >= 4 is 12.0 Å². The number of hydrogen-bond acceptors (Lipinski definition) is 6. The van der Waals surface area contributed by atoms with Gasteiger partial charge in [0, 0.05) is 11.6 Å². The highest BCUT2D eigenvalue weighted by Gasteiger charge is 2.50. The zero-order valence-electron chi connectivity index (χ0n) is 16.6. The van der Waals surface area contributed by atoms with Gasteiger partial charge in [0.2, 0.25) is 0 Å². The number of fused-ring (bicyclic) bond motifs is 1. The number of amides is 2. The number of hydrogen-bond donors (Lipinski definition) is 2. The van der Waals surface area contributed by atoms with E-state index >= 15 is 0 Å². The number of nitrogens with one attached hydrogen (secondary N) is 2. The Morgan fingerprint density at radius 3 is 2.41 bits per heavy atom. The highest BCUT2D eigenvalue weighted by molar-refractivity contribution is 5.94. The van der Waals surface area contributed by atoms with Crippen LogP contribution in [0, 0.1) is 0 Å². The summed E-state index contributed by atoms with van der Waals surface area (Å²) < 4.78 is 22.3. The van der Waals surface area contributed by atoms with Crippen molar-refractivity contribution in [2.75, 3.05) is 20.3 Å². The normalized spacial score (nSPS) is 29.1. The number of methoxy groups -OCH3 is 1. The fourth-order valence-corrected chi connectivity index (χ4v) is 4.27. The molecule has 8 nitrogen and oxygen atoms in total. The summed E-state index contributed by atoms with van der Waals surface area (Å²) in [7, 11) is 1.58. The van der Waals surface area contributed by atoms with Gasteiger partial charge in [-0.2, -0.15) is 0 Å². The summed E-state index contributed by atoms with van der Waals surface area (Å²) in [5, 5.41) is 5.91. The van der Waals surface area contributed by atoms with Crippen LogP contribution in [0.1, 0.15) is 42.5 Å². The van der Waals surface area contributed by atoms with Gasteiger partial charge in [-0.3, -0.25) is 4.79 Å². The highest BCUT2D eigenvalue weighted by Crippen LogP contribution is 2.29. The largest absolute Gasteiger partial charge is 0.497 e. The third-order valence-corrected chi connectivity index (χ3v) is 5.86. The molecule has 0 spiro atoms. The molecule has 2 saturated heterocycles. The van der Waals surface area contributed by atoms with E-state index in [9.17, 15) is 9.59 Å². The molecule has 2 aliphatic heterocycles. The first-order valence-corrected chi connectivity index (χ1v) is 10.3. The molecule has 1 aromatic rings. The van der Waals surface area contributed by atoms with Crippen LogP contribution >= 0.6 is 0 Å². The Kier molecular flexibility index (Phi) is 6.20. The van der Waals surface area contributed by atoms with Gasteiger partial charge in [0.15, 0.2) is 6.10 Å². The maximum atomic E-state index is 12.5. The van der Waals surface area contributed by atoms with E-state index in [0.29, 0.717) is 17.9 Å². The summed E-state index contributed by atoms with van der Waals surface area (Å²) in [5.74, 6) is 0.487. The Balaban J connectivity index is 1.28. The molecule has 2 amide bonds. The monoisotopic (exact) mass is 404 g/mol. The Morgan fingerprint density at radius 1 is 0.966 bits per heavy atom. The molecule has 4 rings (SSSR count). The zero-order valence-corrected chi connectivity index (χ0v) is 16.6. The van der Waals surface area contributed by atoms with Crippen LogP contribution in [0.5, 0.6) is 5.75 Å². The molecule has 8 heteroatoms. The summed E-state index contributed by atoms with van der Waals surface area (Å²) >= 11 is 0. The van der Waals surface area contributed by atoms with E-state index in [-0.39, 0.29) is 36.8 Å². The molecule has 158 valence electrons. The Labute approximate surface area is 170 Å². The Morgan fingerprint density at radius 2 is 1.69 bits per heavy atom. The van der Waals surface area contributed by atoms with Crippen molar-refractivity contribution in [3.63, 3.8) is 0 Å². The minimum atomic E-state index is -0.466. The quantitative estimate of drug-likeness (QED) is 0.780. The second-order valence-corrected chi connectivity index (χ2v) is 7.83. The summed E-state index contributed by atoms with van der Waals surface area (Å²) in [6.45, 7) is 0.587. The van der Waals surface area contributed by atoms with Crippen molar-refractivity contribution < 1.29 is 28.5 Å². The van der Waals surface area contributed by atoms with Crippen LogP contribution in [0.15, 0.2) is 24.3 Å². The standard InChI is InChI=1S/C21H28N2O6/c1-26-15-9-7-13(8-10-15)20(24)23-16-11-27-19-17(12-28-18(16)19)29-21(25)22-14-5-3-2-4-6-14/h7-10,14,16-19H,2-6,11-12H2,1H3,(H,22,25)(H,23,24). The summed E-state index contributed by atoms with van der Waals surface area (Å²) in [6.07, 6.45) is 3.92. The number of ether oxygens (including phenoxy) is 4. The van der Waals surface area contributed by atoms with E-state index in [1.807, 2.05) is 0 Å². The highest BCUT2D eigenvalue weighted by atomic mass is 16.6. The zero-order chi connectivity index (χ0) is 20.2. The van der Waals surface area contributed by atoms with Crippen molar-refractivity contribution in [2.24, 2.45) is 0 Å². The predicted molar refractivity (Wildman–Crippen MR) is 104 cm³/mol. The van der Waals surface area contributed by atoms with E-state index in [1.165, 1.54) is 6.42 Å². The minimum absolute atomic E-state index is 0.190. The van der Waals surface area contributed by atoms with Gasteiger partial charge in [-0.15, -0.1) is 0 Å². The van der Waals surface area contributed by atoms with E-state index in [4.69, 9.17) is 18.9 Å². The third kappa shape index (κ3) is 4.64. The number of rotatable bonds is 5. The van der Waals surface area contributed by atoms with E-state index in [1.54, 1.807) is 31.4 Å². The summed E-state index contributed by atoms with van der Waals surface area (Å²) in [5.41, 5.74) is 0.534. The molecular formula is C21H28N2O6. The van der Waals surface area contributed by atoms with Gasteiger partial charge in [0.25, 0.3) is 5.91 Å². The van der Waals surface area contributed by atoms with Crippen LogP contribution in [0.25, 0.3) is 0 Å². The molecule has 0 aromatic heterocycles. The summed E-state index contributed by atoms with van der Waals surface area (Å²) in [6, 6.07) is 6.80. The molecule has 0 radical (unpaired) electrons. The van der Waals surface area contributed by atoms with Gasteiger partial charge in [0.05, 0.1) is 26.4 Å². The number of benzene rings is 1. The van der Waals surface area contributed by atoms with Crippen molar-refractivity contribution in [1.82, 2.24) is 10.6 Å². The van der Waals surface area contributed by atoms with Crippen molar-refractivity contribution in [1.29, 1.82) is 0 Å². The van der Waals surface area contributed by atoms with Gasteiger partial charge in [-0.1, -0.05) is 19.3 Å². The molecule has 3 aliphatic rings. The molecule has 1 aliphatic carbocycles. The van der Waals surface area contributed by atoms with Crippen LogP contribution in [-0.4, -0.2) is 62.7 Å². The van der Waals surface area contributed by atoms with Crippen LogP contribution < -0.4 is 15.4 Å². The lowest BCUT2D eigenvalue weighted by Gasteiger charge is -2.24. The molecule has 2 N–H and O–H groups in total. The first-order valence-electron chi connectivity index (χ1n) is 10.3. The molecule has 0 bridgehead atoms. The number of alkyl carbamates (subject to hydrolysis) is 1. The van der Waals surface area contributed by atoms with E-state index < -0.39 is 12.2 Å². The molecular weight excluding hydrogens is 376 g/mol. The molecule has 29 heavy (non-hydrogen) atoms. The van der Waals surface area contributed by atoms with Gasteiger partial charge in [0.1, 0.15) is 18.0 Å². The molecule has 4 unspecified atom stereocenters. The van der Waals surface area contributed by atoms with Gasteiger partial charge >= 0.3 is 6.09 Å². The SMILES string of the molecule is COc1ccc(C(=O)NC2COC3C(OC(=O)NC4CCCCC4)COC23)cc1. The van der Waals surface area contributed by atoms with Gasteiger partial charge in [-0.05, 0) is 37.1 Å². The second-order valence-electron chi connectivity index (χ2n) is 7.83. The lowest BCUT2D eigenvalue weighted by Crippen LogP contribution is -2.45. The number of carbonyl (C=O) groups is 2. The fraction of sp³-hybridized carbons (Fsp3) is 0.619. The van der Waals surface area contributed by atoms with Crippen LogP contribution in [0.2, 0.25) is 0 Å². The Hall–Kier alpha value is -2.32. The average molecular weight is 404 g/mol. The minimum Gasteiger partial charge on any atom is -0.497 e. The third-order valence-electron chi connectivity index (χ3n) is 5.86. The van der Waals surface area contributed by atoms with E-state index in [2.05, 4.69) is 10.6 Å². The number of carbonyl (C=O) groups excluding carboxylic acids is 2. The lowest BCUT2D eigenvalue weighted by atomic mass is 9.96. The first kappa shape index (κ1) is 20.0. The fourth-order valence-electron chi connectivity index (χ4n) is 4.27. The van der Waals surface area contributed by atoms with Crippen LogP contribution in [0.4, 0.5) is 4.79 Å². The first-order chi connectivity index (χ1) is 14.1. The summed E-state index contributed by atoms with van der Waals surface area (Å²) in [4.78, 5) is 24.7. The van der Waals surface area contributed by atoms with Crippen molar-refractivity contribution in [3.05, 3.63) is 29.8 Å². The van der Waals surface area contributed by atoms with Crippen molar-refractivity contribution in [3.8, 4) is 5.75 Å². The predicted octanol–water partition coefficient (Wildman–Crippen LogP) is 2.02. The van der Waals surface area contributed by atoms with E-state index in [0.717, 1.165) is 25.7 Å². The second kappa shape index (κ2) is 9.00. The molecule has 1 saturated carbocycles.